The Balaban J connectivity index is 1.66. The van der Waals surface area contributed by atoms with Gasteiger partial charge < -0.3 is 10.2 Å². The third kappa shape index (κ3) is 5.29. The number of nitrogens with one attached hydrogen (secondary N) is 1. The minimum absolute atomic E-state index is 0.0299. The zero-order valence-electron chi connectivity index (χ0n) is 14.1. The molecule has 0 radical (unpaired) electrons. The molecule has 0 spiro atoms. The molecule has 2 heterocycles. The summed E-state index contributed by atoms with van der Waals surface area (Å²) in [5.74, 6) is 0.525. The summed E-state index contributed by atoms with van der Waals surface area (Å²) < 4.78 is 23.0. The number of carbonyl (C=O) groups is 1. The van der Waals surface area contributed by atoms with Crippen molar-refractivity contribution in [3.8, 4) is 0 Å². The summed E-state index contributed by atoms with van der Waals surface area (Å²) >= 11 is 1.75. The van der Waals surface area contributed by atoms with Crippen LogP contribution in [0.5, 0.6) is 0 Å². The standard InChI is InChI=1S/C16H26N2O3S2/c1-12-13(2)22-10-14(12)4-7-17-16(19)5-8-18(3)15-6-9-23(20,21)11-15/h10,15H,4-9,11H2,1-3H3,(H,17,19)/t15-/m1/s1. The van der Waals surface area contributed by atoms with Gasteiger partial charge in [0.2, 0.25) is 5.91 Å². The number of rotatable bonds is 7. The lowest BCUT2D eigenvalue weighted by Crippen LogP contribution is -2.36. The van der Waals surface area contributed by atoms with E-state index in [0.29, 0.717) is 25.9 Å². The molecule has 23 heavy (non-hydrogen) atoms. The third-order valence-corrected chi connectivity index (χ3v) is 7.44. The van der Waals surface area contributed by atoms with Crippen LogP contribution in [0.4, 0.5) is 0 Å². The highest BCUT2D eigenvalue weighted by molar-refractivity contribution is 7.91. The molecule has 1 N–H and O–H groups in total. The first-order valence-electron chi connectivity index (χ1n) is 7.99. The lowest BCUT2D eigenvalue weighted by Gasteiger charge is -2.22. The molecule has 1 amide bonds. The number of thiophene rings is 1. The maximum atomic E-state index is 11.9. The number of nitrogens with zero attached hydrogens (tertiary/aromatic N) is 1. The van der Waals surface area contributed by atoms with E-state index in [1.165, 1.54) is 16.0 Å². The van der Waals surface area contributed by atoms with E-state index in [0.717, 1.165) is 6.42 Å². The third-order valence-electron chi connectivity index (χ3n) is 4.63. The molecule has 0 saturated carbocycles. The molecule has 0 aliphatic carbocycles. The first kappa shape index (κ1) is 18.4. The fourth-order valence-electron chi connectivity index (χ4n) is 2.82. The minimum Gasteiger partial charge on any atom is -0.356 e. The Morgan fingerprint density at radius 1 is 1.43 bits per heavy atom. The van der Waals surface area contributed by atoms with Gasteiger partial charge in [0, 0.05) is 30.4 Å². The Labute approximate surface area is 143 Å². The number of carbonyl (C=O) groups excluding carboxylic acids is 1. The minimum atomic E-state index is -2.87. The van der Waals surface area contributed by atoms with Gasteiger partial charge in [-0.1, -0.05) is 0 Å². The molecule has 1 atom stereocenters. The van der Waals surface area contributed by atoms with Gasteiger partial charge in [0.1, 0.15) is 0 Å². The quantitative estimate of drug-likeness (QED) is 0.803. The molecule has 2 rings (SSSR count). The average molecular weight is 359 g/mol. The van der Waals surface area contributed by atoms with Crippen molar-refractivity contribution in [2.45, 2.75) is 39.2 Å². The molecule has 0 unspecified atom stereocenters. The van der Waals surface area contributed by atoms with Crippen LogP contribution in [-0.4, -0.2) is 56.9 Å². The van der Waals surface area contributed by atoms with Crippen LogP contribution >= 0.6 is 11.3 Å². The normalized spacial score (nSPS) is 20.1. The zero-order chi connectivity index (χ0) is 17.0. The van der Waals surface area contributed by atoms with E-state index in [2.05, 4.69) is 24.5 Å². The van der Waals surface area contributed by atoms with E-state index in [9.17, 15) is 13.2 Å². The van der Waals surface area contributed by atoms with E-state index in [1.807, 2.05) is 11.9 Å². The van der Waals surface area contributed by atoms with Crippen molar-refractivity contribution in [3.05, 3.63) is 21.4 Å². The summed E-state index contributed by atoms with van der Waals surface area (Å²) in [5, 5.41) is 5.11. The molecule has 1 aromatic heterocycles. The fraction of sp³-hybridized carbons (Fsp3) is 0.688. The van der Waals surface area contributed by atoms with Gasteiger partial charge in [-0.15, -0.1) is 11.3 Å². The summed E-state index contributed by atoms with van der Waals surface area (Å²) in [4.78, 5) is 15.2. The lowest BCUT2D eigenvalue weighted by atomic mass is 10.1. The largest absolute Gasteiger partial charge is 0.356 e. The van der Waals surface area contributed by atoms with Crippen molar-refractivity contribution in [2.75, 3.05) is 31.6 Å². The number of sulfone groups is 1. The molecular formula is C16H26N2O3S2. The predicted octanol–water partition coefficient (Wildman–Crippen LogP) is 1.53. The van der Waals surface area contributed by atoms with E-state index < -0.39 is 9.84 Å². The SMILES string of the molecule is Cc1scc(CCNC(=O)CCN(C)[C@@H]2CCS(=O)(=O)C2)c1C. The number of aryl methyl sites for hydroxylation is 1. The second-order valence-electron chi connectivity index (χ2n) is 6.33. The van der Waals surface area contributed by atoms with Gasteiger partial charge in [0.25, 0.3) is 0 Å². The summed E-state index contributed by atoms with van der Waals surface area (Å²) in [6, 6.07) is 0.0595. The van der Waals surface area contributed by atoms with Crippen molar-refractivity contribution in [1.29, 1.82) is 0 Å². The monoisotopic (exact) mass is 358 g/mol. The Morgan fingerprint density at radius 3 is 2.74 bits per heavy atom. The van der Waals surface area contributed by atoms with Crippen LogP contribution in [0.3, 0.4) is 0 Å². The van der Waals surface area contributed by atoms with Gasteiger partial charge in [-0.3, -0.25) is 4.79 Å². The Kier molecular flexibility index (Phi) is 6.22. The Morgan fingerprint density at radius 2 is 2.17 bits per heavy atom. The molecule has 5 nitrogen and oxygen atoms in total. The highest BCUT2D eigenvalue weighted by Crippen LogP contribution is 2.20. The van der Waals surface area contributed by atoms with Gasteiger partial charge in [-0.25, -0.2) is 8.42 Å². The summed E-state index contributed by atoms with van der Waals surface area (Å²) in [5.41, 5.74) is 2.63. The number of hydrogen-bond donors (Lipinski definition) is 1. The maximum Gasteiger partial charge on any atom is 0.221 e. The summed E-state index contributed by atoms with van der Waals surface area (Å²) in [7, 11) is -0.968. The Hall–Kier alpha value is -0.920. The molecule has 1 aliphatic heterocycles. The summed E-state index contributed by atoms with van der Waals surface area (Å²) in [6.45, 7) is 5.48. The van der Waals surface area contributed by atoms with E-state index in [1.54, 1.807) is 11.3 Å². The van der Waals surface area contributed by atoms with Crippen LogP contribution in [0, 0.1) is 13.8 Å². The van der Waals surface area contributed by atoms with Crippen LogP contribution in [0.25, 0.3) is 0 Å². The average Bonchev–Trinajstić information content (AvgIpc) is 3.01. The van der Waals surface area contributed by atoms with Gasteiger partial charge in [0.05, 0.1) is 11.5 Å². The number of hydrogen-bond acceptors (Lipinski definition) is 5. The molecule has 130 valence electrons. The first-order chi connectivity index (χ1) is 10.8. The fourth-order valence-corrected chi connectivity index (χ4v) is 5.54. The molecule has 1 aliphatic rings. The van der Waals surface area contributed by atoms with Gasteiger partial charge in [-0.05, 0) is 50.2 Å². The van der Waals surface area contributed by atoms with E-state index in [4.69, 9.17) is 0 Å². The molecular weight excluding hydrogens is 332 g/mol. The van der Waals surface area contributed by atoms with Crippen LogP contribution < -0.4 is 5.32 Å². The second kappa shape index (κ2) is 7.77. The van der Waals surface area contributed by atoms with Crippen LogP contribution in [0.2, 0.25) is 0 Å². The van der Waals surface area contributed by atoms with Crippen molar-refractivity contribution in [1.82, 2.24) is 10.2 Å². The molecule has 0 aromatic carbocycles. The summed E-state index contributed by atoms with van der Waals surface area (Å²) in [6.07, 6.45) is 1.95. The van der Waals surface area contributed by atoms with Crippen molar-refractivity contribution < 1.29 is 13.2 Å². The highest BCUT2D eigenvalue weighted by atomic mass is 32.2. The molecule has 1 saturated heterocycles. The van der Waals surface area contributed by atoms with Gasteiger partial charge in [0.15, 0.2) is 9.84 Å². The van der Waals surface area contributed by atoms with Crippen molar-refractivity contribution in [3.63, 3.8) is 0 Å². The van der Waals surface area contributed by atoms with Crippen LogP contribution in [-0.2, 0) is 21.1 Å². The van der Waals surface area contributed by atoms with Crippen LogP contribution in [0.1, 0.15) is 28.8 Å². The Bertz CT molecular complexity index is 652. The van der Waals surface area contributed by atoms with E-state index >= 15 is 0 Å². The zero-order valence-corrected chi connectivity index (χ0v) is 15.7. The lowest BCUT2D eigenvalue weighted by molar-refractivity contribution is -0.121. The second-order valence-corrected chi connectivity index (χ2v) is 9.64. The maximum absolute atomic E-state index is 11.9. The molecule has 1 fully saturated rings. The van der Waals surface area contributed by atoms with Crippen molar-refractivity contribution >= 4 is 27.1 Å². The van der Waals surface area contributed by atoms with Crippen LogP contribution in [0.15, 0.2) is 5.38 Å². The molecule has 0 bridgehead atoms. The molecule has 1 aromatic rings. The number of amides is 1. The predicted molar refractivity (Wildman–Crippen MR) is 94.8 cm³/mol. The van der Waals surface area contributed by atoms with Crippen molar-refractivity contribution in [2.24, 2.45) is 0 Å². The highest BCUT2D eigenvalue weighted by Gasteiger charge is 2.30. The van der Waals surface area contributed by atoms with Gasteiger partial charge >= 0.3 is 0 Å². The van der Waals surface area contributed by atoms with Gasteiger partial charge in [-0.2, -0.15) is 0 Å². The topological polar surface area (TPSA) is 66.5 Å². The smallest absolute Gasteiger partial charge is 0.221 e. The molecule has 7 heteroatoms. The first-order valence-corrected chi connectivity index (χ1v) is 10.7. The van der Waals surface area contributed by atoms with E-state index in [-0.39, 0.29) is 23.5 Å².